The molecule has 0 aliphatic heterocycles. The molecule has 7 heteroatoms. The zero-order chi connectivity index (χ0) is 19.5. The van der Waals surface area contributed by atoms with Crippen molar-refractivity contribution in [3.05, 3.63) is 88.7 Å². The van der Waals surface area contributed by atoms with Crippen molar-refractivity contribution in [3.8, 4) is 11.6 Å². The Morgan fingerprint density at radius 2 is 1.71 bits per heavy atom. The van der Waals surface area contributed by atoms with Crippen LogP contribution in [0.5, 0.6) is 11.6 Å². The van der Waals surface area contributed by atoms with Gasteiger partial charge in [-0.25, -0.2) is 4.98 Å². The molecule has 0 aliphatic carbocycles. The molecule has 4 rings (SSSR count). The van der Waals surface area contributed by atoms with E-state index in [-0.39, 0.29) is 17.4 Å². The van der Waals surface area contributed by atoms with E-state index in [4.69, 9.17) is 4.74 Å². The minimum atomic E-state index is -0.545. The molecule has 0 atom stereocenters. The number of nitrogens with one attached hydrogen (secondary N) is 1. The summed E-state index contributed by atoms with van der Waals surface area (Å²) >= 11 is 0. The Kier molecular flexibility index (Phi) is 4.55. The number of aromatic nitrogens is 2. The zero-order valence-electron chi connectivity index (χ0n) is 15.0. The molecule has 0 bridgehead atoms. The second-order valence-corrected chi connectivity index (χ2v) is 6.18. The van der Waals surface area contributed by atoms with Crippen molar-refractivity contribution in [2.24, 2.45) is 0 Å². The predicted octanol–water partition coefficient (Wildman–Crippen LogP) is 5.38. The van der Waals surface area contributed by atoms with Crippen molar-refractivity contribution in [1.29, 1.82) is 0 Å². The molecule has 7 nitrogen and oxygen atoms in total. The second-order valence-electron chi connectivity index (χ2n) is 6.18. The number of nitro groups is 1. The van der Waals surface area contributed by atoms with Crippen LogP contribution < -0.4 is 10.1 Å². The summed E-state index contributed by atoms with van der Waals surface area (Å²) in [6.45, 7) is 1.90. The third kappa shape index (κ3) is 3.45. The first-order valence-electron chi connectivity index (χ1n) is 8.60. The second kappa shape index (κ2) is 7.32. The third-order valence-electron chi connectivity index (χ3n) is 4.30. The number of hydrogen-bond donors (Lipinski definition) is 1. The maximum absolute atomic E-state index is 11.7. The van der Waals surface area contributed by atoms with E-state index in [0.717, 1.165) is 22.0 Å². The predicted molar refractivity (Wildman–Crippen MR) is 107 cm³/mol. The fraction of sp³-hybridized carbons (Fsp3) is 0.0476. The normalized spacial score (nSPS) is 10.6. The number of hydrogen-bond acceptors (Lipinski definition) is 6. The Hall–Kier alpha value is -4.00. The highest BCUT2D eigenvalue weighted by molar-refractivity contribution is 5.84. The molecule has 0 fully saturated rings. The summed E-state index contributed by atoms with van der Waals surface area (Å²) in [5.41, 5.74) is 1.34. The average molecular weight is 372 g/mol. The molecule has 1 heterocycles. The van der Waals surface area contributed by atoms with E-state index >= 15 is 0 Å². The molecule has 0 spiro atoms. The molecule has 0 amide bonds. The van der Waals surface area contributed by atoms with Gasteiger partial charge in [0.25, 0.3) is 0 Å². The molecule has 28 heavy (non-hydrogen) atoms. The maximum Gasteiger partial charge on any atom is 0.373 e. The Morgan fingerprint density at radius 3 is 2.50 bits per heavy atom. The van der Waals surface area contributed by atoms with Gasteiger partial charge in [0.2, 0.25) is 5.82 Å². The number of rotatable bonds is 5. The van der Waals surface area contributed by atoms with Gasteiger partial charge < -0.3 is 10.1 Å². The molecule has 4 aromatic rings. The quantitative estimate of drug-likeness (QED) is 0.373. The van der Waals surface area contributed by atoms with E-state index in [1.165, 1.54) is 6.33 Å². The van der Waals surface area contributed by atoms with Crippen LogP contribution in [-0.2, 0) is 0 Å². The van der Waals surface area contributed by atoms with Crippen molar-refractivity contribution in [1.82, 2.24) is 9.97 Å². The summed E-state index contributed by atoms with van der Waals surface area (Å²) in [6, 6.07) is 20.7. The highest BCUT2D eigenvalue weighted by atomic mass is 16.6. The monoisotopic (exact) mass is 372 g/mol. The summed E-state index contributed by atoms with van der Waals surface area (Å²) < 4.78 is 5.75. The molecule has 0 saturated carbocycles. The fourth-order valence-corrected chi connectivity index (χ4v) is 2.88. The number of fused-ring (bicyclic) bond motifs is 1. The van der Waals surface area contributed by atoms with Crippen molar-refractivity contribution in [3.63, 3.8) is 0 Å². The summed E-state index contributed by atoms with van der Waals surface area (Å²) in [5.74, 6) is 0.416. The average Bonchev–Trinajstić information content (AvgIpc) is 2.69. The number of para-hydroxylation sites is 1. The SMILES string of the molecule is Cc1ccccc1Nc1ncnc(Oc2ccc3ccccc3c2)c1[N+](=O)[O-]. The maximum atomic E-state index is 11.7. The van der Waals surface area contributed by atoms with E-state index in [9.17, 15) is 10.1 Å². The third-order valence-corrected chi connectivity index (χ3v) is 4.30. The number of ether oxygens (including phenoxy) is 1. The van der Waals surface area contributed by atoms with Crippen LogP contribution >= 0.6 is 0 Å². The molecule has 0 aliphatic rings. The van der Waals surface area contributed by atoms with Crippen molar-refractivity contribution in [2.45, 2.75) is 6.92 Å². The lowest BCUT2D eigenvalue weighted by Gasteiger charge is -2.11. The summed E-state index contributed by atoms with van der Waals surface area (Å²) in [5, 5.41) is 16.7. The van der Waals surface area contributed by atoms with E-state index in [0.29, 0.717) is 5.75 Å². The molecule has 3 aromatic carbocycles. The number of benzene rings is 3. The topological polar surface area (TPSA) is 90.2 Å². The van der Waals surface area contributed by atoms with E-state index in [1.54, 1.807) is 6.07 Å². The van der Waals surface area contributed by atoms with Gasteiger partial charge in [0, 0.05) is 5.69 Å². The lowest BCUT2D eigenvalue weighted by atomic mass is 10.1. The Bertz CT molecular complexity index is 1180. The molecular weight excluding hydrogens is 356 g/mol. The fourth-order valence-electron chi connectivity index (χ4n) is 2.88. The van der Waals surface area contributed by atoms with Crippen LogP contribution in [0.15, 0.2) is 73.1 Å². The first-order valence-corrected chi connectivity index (χ1v) is 8.60. The van der Waals surface area contributed by atoms with Gasteiger partial charge >= 0.3 is 11.6 Å². The van der Waals surface area contributed by atoms with Gasteiger partial charge in [-0.3, -0.25) is 10.1 Å². The van der Waals surface area contributed by atoms with Gasteiger partial charge in [-0.1, -0.05) is 48.5 Å². The van der Waals surface area contributed by atoms with Crippen LogP contribution in [-0.4, -0.2) is 14.9 Å². The molecule has 138 valence electrons. The molecule has 1 aromatic heterocycles. The van der Waals surface area contributed by atoms with Crippen LogP contribution in [0, 0.1) is 17.0 Å². The number of aryl methyl sites for hydroxylation is 1. The molecule has 0 saturated heterocycles. The van der Waals surface area contributed by atoms with Crippen molar-refractivity contribution < 1.29 is 9.66 Å². The largest absolute Gasteiger partial charge is 0.434 e. The highest BCUT2D eigenvalue weighted by Crippen LogP contribution is 2.36. The minimum Gasteiger partial charge on any atom is -0.434 e. The summed E-state index contributed by atoms with van der Waals surface area (Å²) in [4.78, 5) is 19.2. The molecular formula is C21H16N4O3. The lowest BCUT2D eigenvalue weighted by Crippen LogP contribution is -2.04. The standard InChI is InChI=1S/C21H16N4O3/c1-14-6-2-5-9-18(14)24-20-19(25(26)27)21(23-13-22-20)28-17-11-10-15-7-3-4-8-16(15)12-17/h2-13H,1H3,(H,22,23,24). The first kappa shape index (κ1) is 17.4. The van der Waals surface area contributed by atoms with E-state index < -0.39 is 4.92 Å². The van der Waals surface area contributed by atoms with Gasteiger partial charge in [-0.15, -0.1) is 0 Å². The smallest absolute Gasteiger partial charge is 0.373 e. The van der Waals surface area contributed by atoms with E-state index in [2.05, 4.69) is 15.3 Å². The van der Waals surface area contributed by atoms with Gasteiger partial charge in [0.05, 0.1) is 4.92 Å². The first-order chi connectivity index (χ1) is 13.6. The van der Waals surface area contributed by atoms with Crippen LogP contribution in [0.4, 0.5) is 17.2 Å². The number of nitrogens with zero attached hydrogens (tertiary/aromatic N) is 3. The van der Waals surface area contributed by atoms with Gasteiger partial charge in [0.15, 0.2) is 0 Å². The van der Waals surface area contributed by atoms with Gasteiger partial charge in [-0.2, -0.15) is 4.98 Å². The Balaban J connectivity index is 1.72. The molecule has 0 radical (unpaired) electrons. The zero-order valence-corrected chi connectivity index (χ0v) is 15.0. The van der Waals surface area contributed by atoms with Crippen LogP contribution in [0.3, 0.4) is 0 Å². The van der Waals surface area contributed by atoms with E-state index in [1.807, 2.05) is 67.6 Å². The molecule has 0 unspecified atom stereocenters. The Morgan fingerprint density at radius 1 is 0.964 bits per heavy atom. The lowest BCUT2D eigenvalue weighted by molar-refractivity contribution is -0.385. The van der Waals surface area contributed by atoms with Crippen molar-refractivity contribution >= 4 is 28.0 Å². The van der Waals surface area contributed by atoms with Crippen LogP contribution in [0.2, 0.25) is 0 Å². The summed E-state index contributed by atoms with van der Waals surface area (Å²) in [7, 11) is 0. The van der Waals surface area contributed by atoms with Crippen molar-refractivity contribution in [2.75, 3.05) is 5.32 Å². The minimum absolute atomic E-state index is 0.0742. The van der Waals surface area contributed by atoms with Gasteiger partial charge in [0.1, 0.15) is 12.1 Å². The van der Waals surface area contributed by atoms with Gasteiger partial charge in [-0.05, 0) is 41.5 Å². The van der Waals surface area contributed by atoms with Crippen LogP contribution in [0.1, 0.15) is 5.56 Å². The highest BCUT2D eigenvalue weighted by Gasteiger charge is 2.25. The Labute approximate surface area is 160 Å². The number of anilines is 2. The van der Waals surface area contributed by atoms with Crippen LogP contribution in [0.25, 0.3) is 10.8 Å². The summed E-state index contributed by atoms with van der Waals surface area (Å²) in [6.07, 6.45) is 1.24. The molecule has 1 N–H and O–H groups in total.